The maximum Gasteiger partial charge on any atom is 0.468 e. The lowest BCUT2D eigenvalue weighted by Crippen LogP contribution is -2.05. The molecule has 0 bridgehead atoms. The van der Waals surface area contributed by atoms with Crippen LogP contribution in [0.2, 0.25) is 0 Å². The molecule has 0 atom stereocenters. The van der Waals surface area contributed by atoms with Crippen molar-refractivity contribution in [2.45, 2.75) is 32.5 Å². The van der Waals surface area contributed by atoms with E-state index in [2.05, 4.69) is 9.40 Å². The molecule has 80 valence electrons. The van der Waals surface area contributed by atoms with E-state index >= 15 is 0 Å². The Morgan fingerprint density at radius 3 is 2.29 bits per heavy atom. The van der Waals surface area contributed by atoms with Gasteiger partial charge in [-0.1, -0.05) is 13.8 Å². The second-order valence-corrected chi connectivity index (χ2v) is 3.18. The van der Waals surface area contributed by atoms with Crippen LogP contribution in [0.4, 0.5) is 13.2 Å². The van der Waals surface area contributed by atoms with Crippen LogP contribution in [0, 0.1) is 0 Å². The zero-order chi connectivity index (χ0) is 10.9. The molecule has 1 aromatic rings. The minimum atomic E-state index is -4.54. The molecule has 3 nitrogen and oxygen atoms in total. The highest BCUT2D eigenvalue weighted by Crippen LogP contribution is 2.31. The Kier molecular flexibility index (Phi) is 2.84. The van der Waals surface area contributed by atoms with Crippen molar-refractivity contribution >= 4 is 0 Å². The van der Waals surface area contributed by atoms with E-state index in [4.69, 9.17) is 5.73 Å². The van der Waals surface area contributed by atoms with Crippen LogP contribution in [0.1, 0.15) is 37.1 Å². The molecule has 0 aliphatic carbocycles. The highest BCUT2D eigenvalue weighted by molar-refractivity contribution is 5.14. The number of nitrogens with two attached hydrogens (primary N) is 1. The van der Waals surface area contributed by atoms with E-state index in [1.54, 1.807) is 13.8 Å². The van der Waals surface area contributed by atoms with Crippen molar-refractivity contribution in [1.82, 2.24) is 4.98 Å². The van der Waals surface area contributed by atoms with E-state index in [-0.39, 0.29) is 23.9 Å². The summed E-state index contributed by atoms with van der Waals surface area (Å²) >= 11 is 0. The maximum atomic E-state index is 12.2. The summed E-state index contributed by atoms with van der Waals surface area (Å²) in [6.07, 6.45) is -4.54. The van der Waals surface area contributed by atoms with Crippen molar-refractivity contribution in [3.05, 3.63) is 17.3 Å². The van der Waals surface area contributed by atoms with Gasteiger partial charge in [-0.2, -0.15) is 13.2 Å². The quantitative estimate of drug-likeness (QED) is 0.811. The normalized spacial score (nSPS) is 12.5. The lowest BCUT2D eigenvalue weighted by Gasteiger charge is -1.99. The molecule has 1 heterocycles. The SMILES string of the molecule is CC(C)c1nc(C(F)(F)F)oc1CN. The first-order chi connectivity index (χ1) is 6.36. The number of aromatic nitrogens is 1. The van der Waals surface area contributed by atoms with Gasteiger partial charge in [0.25, 0.3) is 0 Å². The minimum Gasteiger partial charge on any atom is -0.436 e. The van der Waals surface area contributed by atoms with Crippen LogP contribution in [0.3, 0.4) is 0 Å². The smallest absolute Gasteiger partial charge is 0.436 e. The van der Waals surface area contributed by atoms with Crippen molar-refractivity contribution in [3.8, 4) is 0 Å². The van der Waals surface area contributed by atoms with Gasteiger partial charge in [-0.05, 0) is 5.92 Å². The van der Waals surface area contributed by atoms with Crippen LogP contribution in [-0.4, -0.2) is 4.98 Å². The molecule has 0 spiro atoms. The Morgan fingerprint density at radius 2 is 2.00 bits per heavy atom. The largest absolute Gasteiger partial charge is 0.468 e. The van der Waals surface area contributed by atoms with E-state index in [1.165, 1.54) is 0 Å². The van der Waals surface area contributed by atoms with Gasteiger partial charge in [0.2, 0.25) is 0 Å². The Bertz CT molecular complexity index is 317. The topological polar surface area (TPSA) is 52.0 Å². The Balaban J connectivity index is 3.13. The zero-order valence-corrected chi connectivity index (χ0v) is 7.85. The molecular formula is C8H11F3N2O. The van der Waals surface area contributed by atoms with Crippen LogP contribution in [-0.2, 0) is 12.7 Å². The van der Waals surface area contributed by atoms with Crippen LogP contribution in [0.25, 0.3) is 0 Å². The predicted octanol–water partition coefficient (Wildman–Crippen LogP) is 2.28. The third-order valence-corrected chi connectivity index (χ3v) is 1.70. The molecule has 6 heteroatoms. The van der Waals surface area contributed by atoms with E-state index < -0.39 is 12.1 Å². The standard InChI is InChI=1S/C8H11F3N2O/c1-4(2)6-5(3-12)14-7(13-6)8(9,10)11/h4H,3,12H2,1-2H3. The van der Waals surface area contributed by atoms with Gasteiger partial charge in [0.1, 0.15) is 5.76 Å². The van der Waals surface area contributed by atoms with Crippen molar-refractivity contribution in [3.63, 3.8) is 0 Å². The lowest BCUT2D eigenvalue weighted by atomic mass is 10.1. The molecule has 0 radical (unpaired) electrons. The molecule has 0 fully saturated rings. The first kappa shape index (κ1) is 11.0. The second kappa shape index (κ2) is 3.61. The van der Waals surface area contributed by atoms with Crippen LogP contribution >= 0.6 is 0 Å². The van der Waals surface area contributed by atoms with Gasteiger partial charge < -0.3 is 10.2 Å². The number of hydrogen-bond acceptors (Lipinski definition) is 3. The molecule has 0 saturated carbocycles. The first-order valence-corrected chi connectivity index (χ1v) is 4.13. The molecule has 2 N–H and O–H groups in total. The predicted molar refractivity (Wildman–Crippen MR) is 43.5 cm³/mol. The van der Waals surface area contributed by atoms with Crippen molar-refractivity contribution in [2.75, 3.05) is 0 Å². The lowest BCUT2D eigenvalue weighted by molar-refractivity contribution is -0.157. The second-order valence-electron chi connectivity index (χ2n) is 3.18. The van der Waals surface area contributed by atoms with Gasteiger partial charge in [-0.25, -0.2) is 4.98 Å². The fourth-order valence-corrected chi connectivity index (χ4v) is 1.08. The summed E-state index contributed by atoms with van der Waals surface area (Å²) in [6, 6.07) is 0. The molecule has 14 heavy (non-hydrogen) atoms. The highest BCUT2D eigenvalue weighted by Gasteiger charge is 2.38. The van der Waals surface area contributed by atoms with Crippen molar-refractivity contribution in [1.29, 1.82) is 0 Å². The molecule has 0 aliphatic rings. The maximum absolute atomic E-state index is 12.2. The van der Waals surface area contributed by atoms with Gasteiger partial charge in [0.15, 0.2) is 0 Å². The minimum absolute atomic E-state index is 0.0728. The molecule has 0 aromatic carbocycles. The van der Waals surface area contributed by atoms with Gasteiger partial charge in [-0.15, -0.1) is 0 Å². The number of oxazole rings is 1. The summed E-state index contributed by atoms with van der Waals surface area (Å²) < 4.78 is 41.1. The summed E-state index contributed by atoms with van der Waals surface area (Å²) in [7, 11) is 0. The van der Waals surface area contributed by atoms with E-state index in [1.807, 2.05) is 0 Å². The number of nitrogens with zero attached hydrogens (tertiary/aromatic N) is 1. The Hall–Kier alpha value is -1.04. The Morgan fingerprint density at radius 1 is 1.43 bits per heavy atom. The van der Waals surface area contributed by atoms with Crippen LogP contribution in [0.15, 0.2) is 4.42 Å². The molecular weight excluding hydrogens is 197 g/mol. The number of halogens is 3. The van der Waals surface area contributed by atoms with Gasteiger partial charge >= 0.3 is 12.1 Å². The highest BCUT2D eigenvalue weighted by atomic mass is 19.4. The van der Waals surface area contributed by atoms with Crippen LogP contribution in [0.5, 0.6) is 0 Å². The number of hydrogen-bond donors (Lipinski definition) is 1. The summed E-state index contributed by atoms with van der Waals surface area (Å²) in [6.45, 7) is 3.39. The molecule has 1 rings (SSSR count). The zero-order valence-electron chi connectivity index (χ0n) is 7.85. The first-order valence-electron chi connectivity index (χ1n) is 4.13. The average Bonchev–Trinajstić information content (AvgIpc) is 2.45. The van der Waals surface area contributed by atoms with E-state index in [0.717, 1.165) is 0 Å². The molecule has 1 aromatic heterocycles. The van der Waals surface area contributed by atoms with Crippen molar-refractivity contribution in [2.24, 2.45) is 5.73 Å². The van der Waals surface area contributed by atoms with Gasteiger partial charge in [0.05, 0.1) is 12.2 Å². The third-order valence-electron chi connectivity index (χ3n) is 1.70. The molecule has 0 aliphatic heterocycles. The van der Waals surface area contributed by atoms with Crippen LogP contribution < -0.4 is 5.73 Å². The molecule has 0 amide bonds. The molecule has 0 saturated heterocycles. The van der Waals surface area contributed by atoms with Crippen molar-refractivity contribution < 1.29 is 17.6 Å². The summed E-state index contributed by atoms with van der Waals surface area (Å²) in [4.78, 5) is 3.38. The number of rotatable bonds is 2. The monoisotopic (exact) mass is 208 g/mol. The summed E-state index contributed by atoms with van der Waals surface area (Å²) in [5.74, 6) is -1.25. The van der Waals surface area contributed by atoms with E-state index in [0.29, 0.717) is 0 Å². The number of alkyl halides is 3. The van der Waals surface area contributed by atoms with Gasteiger partial charge in [-0.3, -0.25) is 0 Å². The fraction of sp³-hybridized carbons (Fsp3) is 0.625. The Labute approximate surface area is 79.1 Å². The third kappa shape index (κ3) is 2.06. The summed E-state index contributed by atoms with van der Waals surface area (Å²) in [5.41, 5.74) is 5.52. The average molecular weight is 208 g/mol. The van der Waals surface area contributed by atoms with Gasteiger partial charge in [0, 0.05) is 0 Å². The fourth-order valence-electron chi connectivity index (χ4n) is 1.08. The summed E-state index contributed by atoms with van der Waals surface area (Å²) in [5, 5.41) is 0. The van der Waals surface area contributed by atoms with E-state index in [9.17, 15) is 13.2 Å². The molecule has 0 unspecified atom stereocenters.